The molecule has 0 radical (unpaired) electrons. The van der Waals surface area contributed by atoms with E-state index in [-0.39, 0.29) is 24.6 Å². The van der Waals surface area contributed by atoms with Crippen LogP contribution in [0, 0.1) is 5.92 Å². The van der Waals surface area contributed by atoms with Crippen molar-refractivity contribution in [1.82, 2.24) is 16.0 Å². The lowest BCUT2D eigenvalue weighted by Gasteiger charge is -2.42. The number of unbranched alkanes of at least 4 members (excludes halogenated alkanes) is 1. The Balaban J connectivity index is 1.67. The highest BCUT2D eigenvalue weighted by molar-refractivity contribution is 8.07. The van der Waals surface area contributed by atoms with Gasteiger partial charge in [-0.1, -0.05) is 0 Å². The monoisotopic (exact) mass is 645 g/mol. The second-order valence-corrected chi connectivity index (χ2v) is 13.4. The number of thiocarbonyl (C=S) groups is 1. The third-order valence-electron chi connectivity index (χ3n) is 6.99. The maximum absolute atomic E-state index is 11.5. The highest BCUT2D eigenvalue weighted by Crippen LogP contribution is 2.48. The van der Waals surface area contributed by atoms with Gasteiger partial charge in [-0.3, -0.25) is 4.79 Å². The Bertz CT molecular complexity index is 870. The van der Waals surface area contributed by atoms with E-state index in [1.165, 1.54) is 14.0 Å². The van der Waals surface area contributed by atoms with Crippen LogP contribution in [-0.4, -0.2) is 135 Å². The van der Waals surface area contributed by atoms with Gasteiger partial charge in [-0.05, 0) is 49.7 Å². The van der Waals surface area contributed by atoms with Gasteiger partial charge in [0.15, 0.2) is 11.4 Å². The van der Waals surface area contributed by atoms with Gasteiger partial charge in [-0.25, -0.2) is 0 Å². The Morgan fingerprint density at radius 1 is 1.07 bits per heavy atom. The van der Waals surface area contributed by atoms with E-state index in [0.29, 0.717) is 31.2 Å². The van der Waals surface area contributed by atoms with Gasteiger partial charge in [0.05, 0.1) is 13.2 Å². The summed E-state index contributed by atoms with van der Waals surface area (Å²) in [4.78, 5) is 21.7. The molecule has 238 valence electrons. The summed E-state index contributed by atoms with van der Waals surface area (Å²) in [5.74, 6) is -0.407. The Labute approximate surface area is 252 Å². The molecule has 0 aliphatic carbocycles. The molecule has 10 atom stereocenters. The summed E-state index contributed by atoms with van der Waals surface area (Å²) in [6.07, 6.45) is -2.63. The largest absolute Gasteiger partial charge is 0.394 e. The van der Waals surface area contributed by atoms with Crippen molar-refractivity contribution in [2.45, 2.75) is 81.5 Å². The van der Waals surface area contributed by atoms with Crippen molar-refractivity contribution >= 4 is 49.6 Å². The van der Waals surface area contributed by atoms with Gasteiger partial charge in [0.2, 0.25) is 5.91 Å². The first-order chi connectivity index (χ1) is 19.4. The van der Waals surface area contributed by atoms with Gasteiger partial charge in [0.1, 0.15) is 44.4 Å². The zero-order chi connectivity index (χ0) is 30.6. The minimum absolute atomic E-state index is 0.00136. The number of amides is 1. The molecule has 14 nitrogen and oxygen atoms in total. The first-order valence-electron chi connectivity index (χ1n) is 13.7. The number of hydrogen-bond donors (Lipinski definition) is 7. The number of aliphatic hydroxyl groups excluding tert-OH is 3. The number of methoxy groups -OCH3 is 1. The molecular weight excluding hydrogens is 600 g/mol. The molecule has 2 aliphatic heterocycles. The van der Waals surface area contributed by atoms with Crippen LogP contribution in [-0.2, 0) is 44.6 Å². The van der Waals surface area contributed by atoms with Crippen molar-refractivity contribution in [3.8, 4) is 0 Å². The maximum Gasteiger partial charge on any atom is 0.324 e. The third kappa shape index (κ3) is 11.8. The molecule has 0 saturated carbocycles. The van der Waals surface area contributed by atoms with E-state index in [0.717, 1.165) is 19.3 Å². The lowest BCUT2D eigenvalue weighted by molar-refractivity contribution is -0.270. The Morgan fingerprint density at radius 2 is 1.76 bits per heavy atom. The van der Waals surface area contributed by atoms with E-state index in [4.69, 9.17) is 52.0 Å². The molecule has 7 N–H and O–H groups in total. The topological polar surface area (TPSA) is 189 Å². The smallest absolute Gasteiger partial charge is 0.324 e. The van der Waals surface area contributed by atoms with E-state index in [1.54, 1.807) is 7.11 Å². The fourth-order valence-electron chi connectivity index (χ4n) is 4.88. The van der Waals surface area contributed by atoms with Crippen molar-refractivity contribution in [2.75, 3.05) is 47.1 Å². The zero-order valence-electron chi connectivity index (χ0n) is 24.0. The number of hydrogen-bond acceptors (Lipinski definition) is 12. The maximum atomic E-state index is 11.5. The quantitative estimate of drug-likeness (QED) is 0.0392. The third-order valence-corrected chi connectivity index (χ3v) is 8.95. The second kappa shape index (κ2) is 18.3. The molecule has 2 heterocycles. The average Bonchev–Trinajstić information content (AvgIpc) is 3.20. The lowest BCUT2D eigenvalue weighted by atomic mass is 9.82. The molecule has 0 spiro atoms. The van der Waals surface area contributed by atoms with Gasteiger partial charge in [-0.15, -0.1) is 0 Å². The number of aliphatic hydroxyl groups is 3. The Kier molecular flexibility index (Phi) is 16.4. The Morgan fingerprint density at radius 3 is 2.37 bits per heavy atom. The van der Waals surface area contributed by atoms with Crippen LogP contribution in [0.15, 0.2) is 0 Å². The van der Waals surface area contributed by atoms with E-state index in [2.05, 4.69) is 16.0 Å². The van der Waals surface area contributed by atoms with Crippen molar-refractivity contribution in [3.63, 3.8) is 0 Å². The second-order valence-electron chi connectivity index (χ2n) is 10.1. The molecule has 2 unspecified atom stereocenters. The minimum atomic E-state index is -3.36. The molecule has 2 rings (SSSR count). The number of nitrogens with one attached hydrogen (secondary N) is 3. The molecule has 2 aliphatic rings. The Hall–Kier alpha value is -0.525. The summed E-state index contributed by atoms with van der Waals surface area (Å²) in [7, 11) is 4.86. The van der Waals surface area contributed by atoms with Crippen LogP contribution in [0.1, 0.15) is 32.6 Å². The first kappa shape index (κ1) is 36.7. The molecule has 0 aromatic heterocycles. The molecule has 0 aromatic carbocycles. The van der Waals surface area contributed by atoms with Crippen LogP contribution in [0.3, 0.4) is 0 Å². The normalized spacial score (nSPS) is 33.2. The van der Waals surface area contributed by atoms with Crippen LogP contribution >= 0.6 is 18.9 Å². The molecule has 2 saturated heterocycles. The van der Waals surface area contributed by atoms with Gasteiger partial charge in [-0.2, -0.15) is 0 Å². The van der Waals surface area contributed by atoms with Crippen molar-refractivity contribution in [1.29, 1.82) is 0 Å². The summed E-state index contributed by atoms with van der Waals surface area (Å²) >= 11 is 10.4. The van der Waals surface area contributed by atoms with Gasteiger partial charge < -0.3 is 64.2 Å². The number of ether oxygens (including phenoxy) is 4. The number of rotatable bonds is 17. The molecule has 0 aromatic rings. The van der Waals surface area contributed by atoms with E-state index >= 15 is 0 Å². The summed E-state index contributed by atoms with van der Waals surface area (Å²) in [5.41, 5.74) is 0. The van der Waals surface area contributed by atoms with Gasteiger partial charge >= 0.3 is 6.72 Å². The van der Waals surface area contributed by atoms with Crippen LogP contribution in [0.25, 0.3) is 0 Å². The highest BCUT2D eigenvalue weighted by atomic mass is 32.5. The molecule has 18 heteroatoms. The molecule has 0 bridgehead atoms. The fourth-order valence-corrected chi connectivity index (χ4v) is 6.07. The standard InChI is InChI=1S/C23H45BN3O11PS2/c1-13(29)27-17-19(31)18(30)15(11-28)37-22(17)35-10-5-4-8-25-23(40)26-9-6-7-14-20(38-39(32,41)34-3)16(12-33-2)36-21(14)24/h14-22,28,30-31H,4-12,24H2,1-3H3,(H,27,29)(H,32,41)(H2,25,26,40)/t14?,15-,16-,17-,18+,19-,20-,21-,22-,39?/m1/s1. The molecule has 41 heavy (non-hydrogen) atoms. The van der Waals surface area contributed by atoms with E-state index in [9.17, 15) is 25.0 Å². The van der Waals surface area contributed by atoms with Gasteiger partial charge in [0.25, 0.3) is 0 Å². The minimum Gasteiger partial charge on any atom is -0.394 e. The molecule has 2 fully saturated rings. The van der Waals surface area contributed by atoms with Crippen LogP contribution in [0.5, 0.6) is 0 Å². The predicted molar refractivity (Wildman–Crippen MR) is 159 cm³/mol. The highest BCUT2D eigenvalue weighted by Gasteiger charge is 2.46. The first-order valence-corrected chi connectivity index (χ1v) is 16.7. The number of carbonyl (C=O) groups excluding carboxylic acids is 1. The van der Waals surface area contributed by atoms with Crippen molar-refractivity contribution in [3.05, 3.63) is 0 Å². The average molecular weight is 646 g/mol. The summed E-state index contributed by atoms with van der Waals surface area (Å²) in [5, 5.41) is 39.2. The molecular formula is C23H45BN3O11PS2. The van der Waals surface area contributed by atoms with E-state index in [1.807, 2.05) is 7.85 Å². The van der Waals surface area contributed by atoms with Gasteiger partial charge in [0, 0.05) is 52.8 Å². The molecule has 1 amide bonds. The zero-order valence-corrected chi connectivity index (χ0v) is 26.5. The SMILES string of the molecule is B[C@@H]1O[C@H](COC)[C@H](OP(O)(=S)OC)C1CCCNC(=S)NCCCCO[C@@H]1O[C@H](CO)[C@H](O)[C@H](O)[C@H]1NC(C)=O. The number of carbonyl (C=O) groups is 1. The summed E-state index contributed by atoms with van der Waals surface area (Å²) in [6.45, 7) is -0.766. The van der Waals surface area contributed by atoms with Crippen LogP contribution in [0.2, 0.25) is 0 Å². The van der Waals surface area contributed by atoms with Crippen LogP contribution < -0.4 is 16.0 Å². The van der Waals surface area contributed by atoms with Crippen molar-refractivity contribution in [2.24, 2.45) is 5.92 Å². The van der Waals surface area contributed by atoms with E-state index < -0.39 is 56.0 Å². The summed E-state index contributed by atoms with van der Waals surface area (Å²) < 4.78 is 33.2. The lowest BCUT2D eigenvalue weighted by Crippen LogP contribution is -2.64. The van der Waals surface area contributed by atoms with Crippen LogP contribution in [0.4, 0.5) is 0 Å². The predicted octanol–water partition coefficient (Wildman–Crippen LogP) is -2.16. The fraction of sp³-hybridized carbons (Fsp3) is 0.913. The summed E-state index contributed by atoms with van der Waals surface area (Å²) in [6, 6.07) is -1.06. The van der Waals surface area contributed by atoms with Crippen molar-refractivity contribution < 1.29 is 53.0 Å².